The van der Waals surface area contributed by atoms with Gasteiger partial charge < -0.3 is 14.5 Å². The van der Waals surface area contributed by atoms with E-state index in [0.29, 0.717) is 39.2 Å². The first-order chi connectivity index (χ1) is 11.1. The van der Waals surface area contributed by atoms with Crippen molar-refractivity contribution in [3.8, 4) is 0 Å². The number of ether oxygens (including phenoxy) is 1. The van der Waals surface area contributed by atoms with Crippen molar-refractivity contribution in [3.63, 3.8) is 0 Å². The zero-order valence-corrected chi connectivity index (χ0v) is 12.9. The standard InChI is InChI=1S/C15H20N4O4/c20-13-5-4-11(16-17-13)14(21)18-6-2-7-19(9-8-18)15(22)12-3-1-10-23-12/h4-5,12H,1-3,6-10H2,(H,17,20). The fourth-order valence-corrected chi connectivity index (χ4v) is 2.94. The van der Waals surface area contributed by atoms with Gasteiger partial charge in [0.15, 0.2) is 0 Å². The van der Waals surface area contributed by atoms with Crippen molar-refractivity contribution >= 4 is 11.8 Å². The van der Waals surface area contributed by atoms with Gasteiger partial charge in [-0.25, -0.2) is 5.10 Å². The van der Waals surface area contributed by atoms with Crippen molar-refractivity contribution < 1.29 is 14.3 Å². The first-order valence-electron chi connectivity index (χ1n) is 7.90. The minimum absolute atomic E-state index is 0.0268. The van der Waals surface area contributed by atoms with E-state index in [1.807, 2.05) is 0 Å². The summed E-state index contributed by atoms with van der Waals surface area (Å²) < 4.78 is 5.45. The molecular weight excluding hydrogens is 300 g/mol. The van der Waals surface area contributed by atoms with Crippen LogP contribution < -0.4 is 5.56 Å². The second-order valence-electron chi connectivity index (χ2n) is 5.78. The summed E-state index contributed by atoms with van der Waals surface area (Å²) >= 11 is 0. The summed E-state index contributed by atoms with van der Waals surface area (Å²) in [5.74, 6) is -0.202. The Kier molecular flexibility index (Phi) is 4.71. The van der Waals surface area contributed by atoms with Crippen LogP contribution in [0.1, 0.15) is 29.8 Å². The maximum absolute atomic E-state index is 12.4. The van der Waals surface area contributed by atoms with Crippen LogP contribution in [-0.4, -0.2) is 70.7 Å². The summed E-state index contributed by atoms with van der Waals surface area (Å²) in [5.41, 5.74) is -0.130. The van der Waals surface area contributed by atoms with Crippen LogP contribution in [0.15, 0.2) is 16.9 Å². The maximum Gasteiger partial charge on any atom is 0.274 e. The SMILES string of the molecule is O=C(c1ccc(=O)[nH]n1)N1CCCN(C(=O)C2CCCO2)CC1. The number of aromatic nitrogens is 2. The van der Waals surface area contributed by atoms with E-state index in [-0.39, 0.29) is 29.2 Å². The van der Waals surface area contributed by atoms with Gasteiger partial charge in [0.2, 0.25) is 0 Å². The molecule has 124 valence electrons. The molecule has 0 saturated carbocycles. The lowest BCUT2D eigenvalue weighted by Gasteiger charge is -2.24. The van der Waals surface area contributed by atoms with Gasteiger partial charge in [-0.05, 0) is 25.3 Å². The molecule has 0 aromatic carbocycles. The van der Waals surface area contributed by atoms with E-state index < -0.39 is 0 Å². The fraction of sp³-hybridized carbons (Fsp3) is 0.600. The van der Waals surface area contributed by atoms with Crippen LogP contribution in [0.4, 0.5) is 0 Å². The van der Waals surface area contributed by atoms with Crippen LogP contribution in [0.5, 0.6) is 0 Å². The van der Waals surface area contributed by atoms with Crippen molar-refractivity contribution in [3.05, 3.63) is 28.2 Å². The number of amides is 2. The molecule has 8 heteroatoms. The first kappa shape index (κ1) is 15.7. The number of rotatable bonds is 2. The molecule has 0 radical (unpaired) electrons. The number of hydrogen-bond donors (Lipinski definition) is 1. The van der Waals surface area contributed by atoms with E-state index in [4.69, 9.17) is 4.74 Å². The number of hydrogen-bond acceptors (Lipinski definition) is 5. The number of carbonyl (C=O) groups is 2. The van der Waals surface area contributed by atoms with Crippen molar-refractivity contribution in [1.29, 1.82) is 0 Å². The van der Waals surface area contributed by atoms with Crippen LogP contribution in [-0.2, 0) is 9.53 Å². The highest BCUT2D eigenvalue weighted by molar-refractivity contribution is 5.92. The van der Waals surface area contributed by atoms with Crippen molar-refractivity contribution in [2.75, 3.05) is 32.8 Å². The molecule has 1 unspecified atom stereocenters. The lowest BCUT2D eigenvalue weighted by atomic mass is 10.2. The number of nitrogens with one attached hydrogen (secondary N) is 1. The number of aromatic amines is 1. The van der Waals surface area contributed by atoms with Crippen molar-refractivity contribution in [2.45, 2.75) is 25.4 Å². The van der Waals surface area contributed by atoms with Gasteiger partial charge in [0.1, 0.15) is 11.8 Å². The molecule has 3 rings (SSSR count). The van der Waals surface area contributed by atoms with Gasteiger partial charge in [-0.2, -0.15) is 5.10 Å². The predicted molar refractivity (Wildman–Crippen MR) is 80.9 cm³/mol. The topological polar surface area (TPSA) is 95.6 Å². The van der Waals surface area contributed by atoms with Crippen LogP contribution >= 0.6 is 0 Å². The minimum atomic E-state index is -0.342. The summed E-state index contributed by atoms with van der Waals surface area (Å²) in [4.78, 5) is 39.3. The summed E-state index contributed by atoms with van der Waals surface area (Å²) in [7, 11) is 0. The molecule has 2 amide bonds. The molecule has 2 aliphatic rings. The molecule has 23 heavy (non-hydrogen) atoms. The summed E-state index contributed by atoms with van der Waals surface area (Å²) in [5, 5.41) is 6.04. The number of nitrogens with zero attached hydrogens (tertiary/aromatic N) is 3. The molecule has 2 aliphatic heterocycles. The van der Waals surface area contributed by atoms with Gasteiger partial charge in [0, 0.05) is 38.9 Å². The van der Waals surface area contributed by atoms with E-state index in [1.54, 1.807) is 9.80 Å². The Morgan fingerprint density at radius 3 is 2.61 bits per heavy atom. The molecule has 3 heterocycles. The smallest absolute Gasteiger partial charge is 0.274 e. The van der Waals surface area contributed by atoms with E-state index in [1.165, 1.54) is 12.1 Å². The lowest BCUT2D eigenvalue weighted by Crippen LogP contribution is -2.42. The van der Waals surface area contributed by atoms with Gasteiger partial charge in [-0.1, -0.05) is 0 Å². The normalized spacial score (nSPS) is 22.0. The second kappa shape index (κ2) is 6.91. The summed E-state index contributed by atoms with van der Waals surface area (Å²) in [6.45, 7) is 2.79. The minimum Gasteiger partial charge on any atom is -0.368 e. The van der Waals surface area contributed by atoms with Gasteiger partial charge >= 0.3 is 0 Å². The van der Waals surface area contributed by atoms with Gasteiger partial charge in [-0.15, -0.1) is 0 Å². The summed E-state index contributed by atoms with van der Waals surface area (Å²) in [6, 6.07) is 2.70. The maximum atomic E-state index is 12.4. The highest BCUT2D eigenvalue weighted by Gasteiger charge is 2.30. The van der Waals surface area contributed by atoms with Crippen molar-refractivity contribution in [2.24, 2.45) is 0 Å². The zero-order valence-electron chi connectivity index (χ0n) is 12.9. The largest absolute Gasteiger partial charge is 0.368 e. The highest BCUT2D eigenvalue weighted by atomic mass is 16.5. The molecule has 2 fully saturated rings. The van der Waals surface area contributed by atoms with Gasteiger partial charge in [0.25, 0.3) is 17.4 Å². The van der Waals surface area contributed by atoms with E-state index in [2.05, 4.69) is 10.2 Å². The summed E-state index contributed by atoms with van der Waals surface area (Å²) in [6.07, 6.45) is 2.10. The van der Waals surface area contributed by atoms with E-state index >= 15 is 0 Å². The Morgan fingerprint density at radius 2 is 1.91 bits per heavy atom. The second-order valence-corrected chi connectivity index (χ2v) is 5.78. The number of carbonyl (C=O) groups excluding carboxylic acids is 2. The zero-order chi connectivity index (χ0) is 16.2. The lowest BCUT2D eigenvalue weighted by molar-refractivity contribution is -0.140. The molecular formula is C15H20N4O4. The van der Waals surface area contributed by atoms with Crippen LogP contribution in [0.25, 0.3) is 0 Å². The van der Waals surface area contributed by atoms with Crippen LogP contribution in [0.2, 0.25) is 0 Å². The molecule has 0 bridgehead atoms. The fourth-order valence-electron chi connectivity index (χ4n) is 2.94. The Bertz CT molecular complexity index is 618. The first-order valence-corrected chi connectivity index (χ1v) is 7.90. The molecule has 1 aromatic heterocycles. The van der Waals surface area contributed by atoms with Crippen LogP contribution in [0, 0.1) is 0 Å². The Morgan fingerprint density at radius 1 is 1.13 bits per heavy atom. The quantitative estimate of drug-likeness (QED) is 0.802. The average Bonchev–Trinajstić information content (AvgIpc) is 2.99. The van der Waals surface area contributed by atoms with Crippen LogP contribution in [0.3, 0.4) is 0 Å². The molecule has 1 atom stereocenters. The monoisotopic (exact) mass is 320 g/mol. The van der Waals surface area contributed by atoms with Gasteiger partial charge in [0.05, 0.1) is 0 Å². The predicted octanol–water partition coefficient (Wildman–Crippen LogP) is -0.377. The third-order valence-corrected chi connectivity index (χ3v) is 4.20. The molecule has 0 spiro atoms. The third kappa shape index (κ3) is 3.58. The highest BCUT2D eigenvalue weighted by Crippen LogP contribution is 2.16. The molecule has 1 aromatic rings. The molecule has 2 saturated heterocycles. The average molecular weight is 320 g/mol. The number of H-pyrrole nitrogens is 1. The van der Waals surface area contributed by atoms with E-state index in [9.17, 15) is 14.4 Å². The Hall–Kier alpha value is -2.22. The molecule has 1 N–H and O–H groups in total. The van der Waals surface area contributed by atoms with Gasteiger partial charge in [-0.3, -0.25) is 14.4 Å². The Balaban J connectivity index is 1.61. The Labute approximate surface area is 133 Å². The molecule has 0 aliphatic carbocycles. The third-order valence-electron chi connectivity index (χ3n) is 4.20. The van der Waals surface area contributed by atoms with E-state index in [0.717, 1.165) is 12.8 Å². The molecule has 8 nitrogen and oxygen atoms in total. The van der Waals surface area contributed by atoms with Crippen molar-refractivity contribution in [1.82, 2.24) is 20.0 Å².